The lowest BCUT2D eigenvalue weighted by Gasteiger charge is -2.34. The van der Waals surface area contributed by atoms with Gasteiger partial charge in [0.1, 0.15) is 6.10 Å². The molecule has 5 heteroatoms. The van der Waals surface area contributed by atoms with Crippen LogP contribution in [0.25, 0.3) is 0 Å². The third-order valence-corrected chi connectivity index (χ3v) is 5.38. The van der Waals surface area contributed by atoms with Gasteiger partial charge in [0.25, 0.3) is 0 Å². The van der Waals surface area contributed by atoms with Gasteiger partial charge >= 0.3 is 0 Å². The van der Waals surface area contributed by atoms with Gasteiger partial charge in [-0.25, -0.2) is 9.97 Å². The number of nitrogens with one attached hydrogen (secondary N) is 1. The Labute approximate surface area is 125 Å². The molecule has 0 spiro atoms. The molecule has 2 atom stereocenters. The molecule has 4 aliphatic rings. The van der Waals surface area contributed by atoms with Crippen molar-refractivity contribution >= 4 is 0 Å². The average Bonchev–Trinajstić information content (AvgIpc) is 3.07. The first-order valence-corrected chi connectivity index (χ1v) is 8.34. The van der Waals surface area contributed by atoms with E-state index >= 15 is 0 Å². The molecular weight excluding hydrogens is 264 g/mol. The fourth-order valence-corrected chi connectivity index (χ4v) is 4.03. The van der Waals surface area contributed by atoms with Crippen LogP contribution in [-0.2, 0) is 17.8 Å². The van der Waals surface area contributed by atoms with E-state index in [1.165, 1.54) is 49.2 Å². The van der Waals surface area contributed by atoms with Gasteiger partial charge in [-0.3, -0.25) is 4.90 Å². The maximum absolute atomic E-state index is 6.11. The molecule has 0 radical (unpaired) electrons. The van der Waals surface area contributed by atoms with Crippen LogP contribution in [0.2, 0.25) is 0 Å². The summed E-state index contributed by atoms with van der Waals surface area (Å²) in [5.74, 6) is 1.62. The molecule has 1 N–H and O–H groups in total. The number of aromatic nitrogens is 2. The second-order valence-electron chi connectivity index (χ2n) is 6.88. The van der Waals surface area contributed by atoms with E-state index in [4.69, 9.17) is 14.7 Å². The van der Waals surface area contributed by atoms with Crippen molar-refractivity contribution in [3.05, 3.63) is 22.8 Å². The zero-order chi connectivity index (χ0) is 13.8. The predicted octanol–water partition coefficient (Wildman–Crippen LogP) is 1.49. The van der Waals surface area contributed by atoms with E-state index in [2.05, 4.69) is 10.2 Å². The summed E-state index contributed by atoms with van der Waals surface area (Å²) in [6, 6.07) is 0.639. The Kier molecular flexibility index (Phi) is 2.81. The van der Waals surface area contributed by atoms with Crippen molar-refractivity contribution in [2.24, 2.45) is 0 Å². The summed E-state index contributed by atoms with van der Waals surface area (Å²) in [7, 11) is 0. The van der Waals surface area contributed by atoms with E-state index in [1.807, 2.05) is 0 Å². The third kappa shape index (κ3) is 2.10. The van der Waals surface area contributed by atoms with Crippen LogP contribution in [0.3, 0.4) is 0 Å². The van der Waals surface area contributed by atoms with Gasteiger partial charge in [0.2, 0.25) is 0 Å². The average molecular weight is 286 g/mol. The highest BCUT2D eigenvalue weighted by Crippen LogP contribution is 2.42. The maximum Gasteiger partial charge on any atom is 0.159 e. The molecule has 2 unspecified atom stereocenters. The highest BCUT2D eigenvalue weighted by atomic mass is 16.5. The van der Waals surface area contributed by atoms with E-state index < -0.39 is 0 Å². The van der Waals surface area contributed by atoms with Crippen molar-refractivity contribution in [3.8, 4) is 0 Å². The number of hydrogen-bond acceptors (Lipinski definition) is 5. The van der Waals surface area contributed by atoms with Crippen LogP contribution >= 0.6 is 0 Å². The smallest absolute Gasteiger partial charge is 0.159 e. The summed E-state index contributed by atoms with van der Waals surface area (Å²) in [4.78, 5) is 12.3. The fraction of sp³-hybridized carbons (Fsp3) is 0.750. The molecule has 1 aliphatic carbocycles. The van der Waals surface area contributed by atoms with E-state index in [1.54, 1.807) is 0 Å². The Morgan fingerprint density at radius 3 is 3.00 bits per heavy atom. The summed E-state index contributed by atoms with van der Waals surface area (Å²) in [5, 5.41) is 3.42. The van der Waals surface area contributed by atoms with Crippen molar-refractivity contribution in [1.29, 1.82) is 0 Å². The molecule has 5 nitrogen and oxygen atoms in total. The van der Waals surface area contributed by atoms with Crippen molar-refractivity contribution in [1.82, 2.24) is 20.2 Å². The van der Waals surface area contributed by atoms with Crippen LogP contribution in [-0.4, -0.2) is 40.6 Å². The maximum atomic E-state index is 6.11. The Bertz CT molecular complexity index is 572. The molecule has 4 heterocycles. The lowest BCUT2D eigenvalue weighted by Crippen LogP contribution is -2.43. The van der Waals surface area contributed by atoms with Crippen molar-refractivity contribution in [2.75, 3.05) is 19.7 Å². The van der Waals surface area contributed by atoms with Gasteiger partial charge in [0.05, 0.1) is 18.0 Å². The first kappa shape index (κ1) is 12.5. The van der Waals surface area contributed by atoms with Gasteiger partial charge in [-0.2, -0.15) is 0 Å². The zero-order valence-electron chi connectivity index (χ0n) is 12.3. The fourth-order valence-electron chi connectivity index (χ4n) is 4.03. The van der Waals surface area contributed by atoms with Crippen LogP contribution in [0.15, 0.2) is 0 Å². The lowest BCUT2D eigenvalue weighted by molar-refractivity contribution is -0.0542. The molecule has 0 aromatic carbocycles. The molecule has 3 fully saturated rings. The summed E-state index contributed by atoms with van der Waals surface area (Å²) >= 11 is 0. The standard InChI is InChI=1S/C16H22N4O/c1-2-11-9-21-14(8-20(11)5-1)16-18-13-7-17-6-12(13)15(19-16)10-3-4-10/h10-11,14,17H,1-9H2. The van der Waals surface area contributed by atoms with Gasteiger partial charge in [-0.05, 0) is 32.2 Å². The minimum absolute atomic E-state index is 0.0720. The number of fused-ring (bicyclic) bond motifs is 2. The highest BCUT2D eigenvalue weighted by molar-refractivity contribution is 5.34. The SMILES string of the molecule is C1CC2COC(c3nc4c(c(C5CC5)n3)CNC4)CN2C1. The number of rotatable bonds is 2. The minimum atomic E-state index is 0.0720. The molecule has 112 valence electrons. The van der Waals surface area contributed by atoms with Gasteiger partial charge in [0, 0.05) is 37.2 Å². The Balaban J connectivity index is 1.47. The first-order valence-electron chi connectivity index (χ1n) is 8.34. The van der Waals surface area contributed by atoms with Crippen LogP contribution in [0.5, 0.6) is 0 Å². The van der Waals surface area contributed by atoms with Crippen molar-refractivity contribution in [3.63, 3.8) is 0 Å². The van der Waals surface area contributed by atoms with Crippen molar-refractivity contribution < 1.29 is 4.74 Å². The molecule has 1 aromatic rings. The molecule has 2 saturated heterocycles. The monoisotopic (exact) mass is 286 g/mol. The lowest BCUT2D eigenvalue weighted by atomic mass is 10.1. The number of morpholine rings is 1. The second kappa shape index (κ2) is 4.73. The van der Waals surface area contributed by atoms with Gasteiger partial charge in [-0.1, -0.05) is 0 Å². The topological polar surface area (TPSA) is 50.3 Å². The van der Waals surface area contributed by atoms with Crippen LogP contribution in [0.4, 0.5) is 0 Å². The normalized spacial score (nSPS) is 32.2. The van der Waals surface area contributed by atoms with Crippen LogP contribution in [0.1, 0.15) is 60.5 Å². The quantitative estimate of drug-likeness (QED) is 0.893. The Morgan fingerprint density at radius 2 is 2.10 bits per heavy atom. The van der Waals surface area contributed by atoms with E-state index in [0.717, 1.165) is 32.1 Å². The third-order valence-electron chi connectivity index (χ3n) is 5.38. The Hall–Kier alpha value is -1.04. The Morgan fingerprint density at radius 1 is 1.14 bits per heavy atom. The summed E-state index contributed by atoms with van der Waals surface area (Å²) in [5.41, 5.74) is 3.90. The van der Waals surface area contributed by atoms with Gasteiger partial charge in [0.15, 0.2) is 5.82 Å². The molecule has 21 heavy (non-hydrogen) atoms. The van der Waals surface area contributed by atoms with E-state index in [-0.39, 0.29) is 6.10 Å². The molecule has 0 bridgehead atoms. The van der Waals surface area contributed by atoms with Gasteiger partial charge in [-0.15, -0.1) is 0 Å². The highest BCUT2D eigenvalue weighted by Gasteiger charge is 2.36. The molecule has 0 amide bonds. The van der Waals surface area contributed by atoms with E-state index in [9.17, 15) is 0 Å². The minimum Gasteiger partial charge on any atom is -0.367 e. The van der Waals surface area contributed by atoms with E-state index in [0.29, 0.717) is 12.0 Å². The number of hydrogen-bond donors (Lipinski definition) is 1. The molecule has 5 rings (SSSR count). The second-order valence-corrected chi connectivity index (χ2v) is 6.88. The largest absolute Gasteiger partial charge is 0.367 e. The summed E-state index contributed by atoms with van der Waals surface area (Å²) < 4.78 is 6.11. The predicted molar refractivity (Wildman–Crippen MR) is 77.8 cm³/mol. The number of ether oxygens (including phenoxy) is 1. The van der Waals surface area contributed by atoms with Crippen molar-refractivity contribution in [2.45, 2.75) is 56.8 Å². The summed E-state index contributed by atoms with van der Waals surface area (Å²) in [6.45, 7) is 4.88. The van der Waals surface area contributed by atoms with Crippen LogP contribution < -0.4 is 5.32 Å². The molecular formula is C16H22N4O. The molecule has 3 aliphatic heterocycles. The zero-order valence-corrected chi connectivity index (χ0v) is 12.3. The molecule has 1 aromatic heterocycles. The summed E-state index contributed by atoms with van der Waals surface area (Å²) in [6.07, 6.45) is 5.26. The van der Waals surface area contributed by atoms with Gasteiger partial charge < -0.3 is 10.1 Å². The number of nitrogens with zero attached hydrogens (tertiary/aromatic N) is 3. The van der Waals surface area contributed by atoms with Crippen LogP contribution in [0, 0.1) is 0 Å². The first-order chi connectivity index (χ1) is 10.4. The molecule has 1 saturated carbocycles.